The molecule has 4 nitrogen and oxygen atoms in total. The van der Waals surface area contributed by atoms with Gasteiger partial charge in [0, 0.05) is 18.3 Å². The standard InChI is InChI=1S/C15H12ClN3OS/c1-19(15(20)12-8-10(16)6-7-17-12)9-14-18-11-4-2-3-5-13(11)21-14/h2-8H,9H2,1H3. The van der Waals surface area contributed by atoms with Crippen LogP contribution in [0, 0.1) is 0 Å². The quantitative estimate of drug-likeness (QED) is 0.741. The Hall–Kier alpha value is -1.98. The molecule has 3 aromatic rings. The molecule has 1 amide bonds. The van der Waals surface area contributed by atoms with Crippen molar-refractivity contribution >= 4 is 39.1 Å². The molecule has 2 heterocycles. The van der Waals surface area contributed by atoms with E-state index >= 15 is 0 Å². The molecule has 0 radical (unpaired) electrons. The highest BCUT2D eigenvalue weighted by Gasteiger charge is 2.15. The van der Waals surface area contributed by atoms with Crippen molar-refractivity contribution in [2.45, 2.75) is 6.54 Å². The number of hydrogen-bond acceptors (Lipinski definition) is 4. The van der Waals surface area contributed by atoms with Crippen LogP contribution in [0.25, 0.3) is 10.2 Å². The van der Waals surface area contributed by atoms with E-state index in [4.69, 9.17) is 11.6 Å². The second-order valence-electron chi connectivity index (χ2n) is 4.60. The Morgan fingerprint density at radius 2 is 2.14 bits per heavy atom. The first kappa shape index (κ1) is 14.0. The molecule has 0 unspecified atom stereocenters. The highest BCUT2D eigenvalue weighted by atomic mass is 35.5. The van der Waals surface area contributed by atoms with Crippen molar-refractivity contribution in [3.63, 3.8) is 0 Å². The maximum absolute atomic E-state index is 12.3. The average molecular weight is 318 g/mol. The Balaban J connectivity index is 1.79. The van der Waals surface area contributed by atoms with Crippen LogP contribution in [0.1, 0.15) is 15.5 Å². The first-order valence-electron chi connectivity index (χ1n) is 6.35. The zero-order chi connectivity index (χ0) is 14.8. The number of thiazole rings is 1. The van der Waals surface area contributed by atoms with Crippen LogP contribution in [-0.2, 0) is 6.54 Å². The molecular formula is C15H12ClN3OS. The second-order valence-corrected chi connectivity index (χ2v) is 6.15. The lowest BCUT2D eigenvalue weighted by atomic mass is 10.3. The number of hydrogen-bond donors (Lipinski definition) is 0. The molecule has 0 saturated heterocycles. The first-order chi connectivity index (χ1) is 10.1. The molecule has 1 aromatic carbocycles. The smallest absolute Gasteiger partial charge is 0.272 e. The van der Waals surface area contributed by atoms with Crippen LogP contribution >= 0.6 is 22.9 Å². The van der Waals surface area contributed by atoms with Crippen molar-refractivity contribution in [1.29, 1.82) is 0 Å². The topological polar surface area (TPSA) is 46.1 Å². The van der Waals surface area contributed by atoms with E-state index in [1.54, 1.807) is 35.4 Å². The van der Waals surface area contributed by atoms with E-state index < -0.39 is 0 Å². The van der Waals surface area contributed by atoms with Gasteiger partial charge < -0.3 is 4.90 Å². The second kappa shape index (κ2) is 5.79. The summed E-state index contributed by atoms with van der Waals surface area (Å²) in [6.07, 6.45) is 1.53. The van der Waals surface area contributed by atoms with Gasteiger partial charge in [0.05, 0.1) is 16.8 Å². The van der Waals surface area contributed by atoms with Gasteiger partial charge in [-0.2, -0.15) is 0 Å². The number of aromatic nitrogens is 2. The van der Waals surface area contributed by atoms with E-state index in [9.17, 15) is 4.79 Å². The molecule has 3 rings (SSSR count). The van der Waals surface area contributed by atoms with Crippen LogP contribution < -0.4 is 0 Å². The van der Waals surface area contributed by atoms with Crippen molar-refractivity contribution in [2.75, 3.05) is 7.05 Å². The van der Waals surface area contributed by atoms with Crippen LogP contribution in [0.4, 0.5) is 0 Å². The Labute approximate surface area is 131 Å². The molecular weight excluding hydrogens is 306 g/mol. The SMILES string of the molecule is CN(Cc1nc2ccccc2s1)C(=O)c1cc(Cl)ccn1. The lowest BCUT2D eigenvalue weighted by molar-refractivity contribution is 0.0779. The molecule has 0 spiro atoms. The number of halogens is 1. The fraction of sp³-hybridized carbons (Fsp3) is 0.133. The van der Waals surface area contributed by atoms with Gasteiger partial charge in [-0.3, -0.25) is 9.78 Å². The Morgan fingerprint density at radius 3 is 2.90 bits per heavy atom. The molecule has 0 fully saturated rings. The molecule has 0 aliphatic heterocycles. The van der Waals surface area contributed by atoms with Gasteiger partial charge in [-0.25, -0.2) is 4.98 Å². The van der Waals surface area contributed by atoms with Crippen molar-refractivity contribution in [3.8, 4) is 0 Å². The number of amides is 1. The zero-order valence-electron chi connectivity index (χ0n) is 11.3. The summed E-state index contributed by atoms with van der Waals surface area (Å²) in [6, 6.07) is 11.1. The van der Waals surface area contributed by atoms with Crippen LogP contribution in [0.15, 0.2) is 42.6 Å². The Kier molecular flexibility index (Phi) is 3.86. The molecule has 0 saturated carbocycles. The van der Waals surface area contributed by atoms with Crippen LogP contribution in [-0.4, -0.2) is 27.8 Å². The number of carbonyl (C=O) groups is 1. The zero-order valence-corrected chi connectivity index (χ0v) is 12.9. The van der Waals surface area contributed by atoms with Crippen LogP contribution in [0.3, 0.4) is 0 Å². The normalized spacial score (nSPS) is 10.8. The summed E-state index contributed by atoms with van der Waals surface area (Å²) in [6.45, 7) is 0.451. The van der Waals surface area contributed by atoms with Crippen molar-refractivity contribution in [2.24, 2.45) is 0 Å². The van der Waals surface area contributed by atoms with Gasteiger partial charge in [0.25, 0.3) is 5.91 Å². The number of rotatable bonds is 3. The fourth-order valence-corrected chi connectivity index (χ4v) is 3.16. The molecule has 6 heteroatoms. The molecule has 106 valence electrons. The van der Waals surface area contributed by atoms with E-state index in [-0.39, 0.29) is 5.91 Å². The molecule has 0 atom stereocenters. The predicted octanol–water partition coefficient (Wildman–Crippen LogP) is 3.62. The average Bonchev–Trinajstić information content (AvgIpc) is 2.88. The monoisotopic (exact) mass is 317 g/mol. The maximum Gasteiger partial charge on any atom is 0.272 e. The van der Waals surface area contributed by atoms with Crippen molar-refractivity contribution in [1.82, 2.24) is 14.9 Å². The van der Waals surface area contributed by atoms with Crippen LogP contribution in [0.2, 0.25) is 5.02 Å². The minimum atomic E-state index is -0.170. The van der Waals surface area contributed by atoms with Crippen LogP contribution in [0.5, 0.6) is 0 Å². The summed E-state index contributed by atoms with van der Waals surface area (Å²) in [4.78, 5) is 22.5. The van der Waals surface area contributed by atoms with Gasteiger partial charge in [-0.05, 0) is 24.3 Å². The molecule has 0 bridgehead atoms. The third kappa shape index (κ3) is 3.04. The lowest BCUT2D eigenvalue weighted by Crippen LogP contribution is -2.26. The van der Waals surface area contributed by atoms with Crippen molar-refractivity contribution in [3.05, 3.63) is 58.3 Å². The minimum absolute atomic E-state index is 0.170. The van der Waals surface area contributed by atoms with E-state index in [0.29, 0.717) is 17.3 Å². The number of para-hydroxylation sites is 1. The maximum atomic E-state index is 12.3. The van der Waals surface area contributed by atoms with Gasteiger partial charge in [0.15, 0.2) is 0 Å². The highest BCUT2D eigenvalue weighted by Crippen LogP contribution is 2.22. The van der Waals surface area contributed by atoms with E-state index in [2.05, 4.69) is 9.97 Å². The molecule has 0 aliphatic rings. The number of pyridine rings is 1. The number of carbonyl (C=O) groups excluding carboxylic acids is 1. The van der Waals surface area contributed by atoms with E-state index in [1.807, 2.05) is 24.3 Å². The largest absolute Gasteiger partial charge is 0.334 e. The Bertz CT molecular complexity index is 769. The van der Waals surface area contributed by atoms with Gasteiger partial charge >= 0.3 is 0 Å². The Morgan fingerprint density at radius 1 is 1.33 bits per heavy atom. The summed E-state index contributed by atoms with van der Waals surface area (Å²) in [7, 11) is 1.73. The predicted molar refractivity (Wildman–Crippen MR) is 84.7 cm³/mol. The summed E-state index contributed by atoms with van der Waals surface area (Å²) in [5.74, 6) is -0.170. The van der Waals surface area contributed by atoms with Gasteiger partial charge in [0.1, 0.15) is 10.7 Å². The molecule has 0 N–H and O–H groups in total. The van der Waals surface area contributed by atoms with E-state index in [0.717, 1.165) is 15.2 Å². The third-order valence-electron chi connectivity index (χ3n) is 3.00. The minimum Gasteiger partial charge on any atom is -0.334 e. The van der Waals surface area contributed by atoms with Gasteiger partial charge in [-0.15, -0.1) is 11.3 Å². The van der Waals surface area contributed by atoms with E-state index in [1.165, 1.54) is 6.20 Å². The number of nitrogens with zero attached hydrogens (tertiary/aromatic N) is 3. The molecule has 2 aromatic heterocycles. The number of fused-ring (bicyclic) bond motifs is 1. The van der Waals surface area contributed by atoms with Gasteiger partial charge in [0.2, 0.25) is 0 Å². The molecule has 0 aliphatic carbocycles. The lowest BCUT2D eigenvalue weighted by Gasteiger charge is -2.14. The van der Waals surface area contributed by atoms with Crippen molar-refractivity contribution < 1.29 is 4.79 Å². The highest BCUT2D eigenvalue weighted by molar-refractivity contribution is 7.18. The number of benzene rings is 1. The third-order valence-corrected chi connectivity index (χ3v) is 4.25. The molecule has 21 heavy (non-hydrogen) atoms. The van der Waals surface area contributed by atoms with Gasteiger partial charge in [-0.1, -0.05) is 23.7 Å². The summed E-state index contributed by atoms with van der Waals surface area (Å²) in [5, 5.41) is 1.40. The summed E-state index contributed by atoms with van der Waals surface area (Å²) >= 11 is 7.48. The fourth-order valence-electron chi connectivity index (χ4n) is 1.98. The first-order valence-corrected chi connectivity index (χ1v) is 7.54. The summed E-state index contributed by atoms with van der Waals surface area (Å²) in [5.41, 5.74) is 1.30. The summed E-state index contributed by atoms with van der Waals surface area (Å²) < 4.78 is 1.12.